The first-order valence-electron chi connectivity index (χ1n) is 8.56. The second-order valence-electron chi connectivity index (χ2n) is 7.66. The zero-order valence-corrected chi connectivity index (χ0v) is 14.6. The van der Waals surface area contributed by atoms with Crippen LogP contribution in [-0.4, -0.2) is 24.0 Å². The lowest BCUT2D eigenvalue weighted by Crippen LogP contribution is -2.20. The van der Waals surface area contributed by atoms with Crippen molar-refractivity contribution in [2.75, 3.05) is 23.3 Å². The fourth-order valence-electron chi connectivity index (χ4n) is 3.66. The average molecular weight is 313 g/mol. The molecule has 1 saturated heterocycles. The Labute approximate surface area is 139 Å². The second-order valence-corrected chi connectivity index (χ2v) is 7.66. The van der Waals surface area contributed by atoms with E-state index in [9.17, 15) is 4.79 Å². The minimum Gasteiger partial charge on any atom is -0.357 e. The molecule has 23 heavy (non-hydrogen) atoms. The van der Waals surface area contributed by atoms with E-state index in [1.54, 1.807) is 6.20 Å². The van der Waals surface area contributed by atoms with Gasteiger partial charge in [-0.15, -0.1) is 0 Å². The molecule has 1 aromatic heterocycles. The summed E-state index contributed by atoms with van der Waals surface area (Å²) in [4.78, 5) is 19.3. The summed E-state index contributed by atoms with van der Waals surface area (Å²) in [6.45, 7) is 10.7. The minimum atomic E-state index is 0.0459. The van der Waals surface area contributed by atoms with Gasteiger partial charge in [0.25, 0.3) is 0 Å². The van der Waals surface area contributed by atoms with Crippen molar-refractivity contribution in [3.05, 3.63) is 30.0 Å². The Morgan fingerprint density at radius 2 is 2.00 bits per heavy atom. The molecule has 1 saturated carbocycles. The summed E-state index contributed by atoms with van der Waals surface area (Å²) in [7, 11) is 0. The number of carbonyl (C=O) groups excluding carboxylic acids is 1. The smallest absolute Gasteiger partial charge is 0.228 e. The number of hydrogen-bond donors (Lipinski definition) is 1. The molecule has 0 unspecified atom stereocenters. The molecule has 3 rings (SSSR count). The maximum atomic E-state index is 12.5. The van der Waals surface area contributed by atoms with E-state index in [4.69, 9.17) is 0 Å². The van der Waals surface area contributed by atoms with E-state index in [1.165, 1.54) is 18.4 Å². The molecule has 0 aromatic carbocycles. The Morgan fingerprint density at radius 1 is 1.30 bits per heavy atom. The molecular weight excluding hydrogens is 286 g/mol. The third-order valence-corrected chi connectivity index (χ3v) is 5.15. The van der Waals surface area contributed by atoms with Crippen LogP contribution in [0.5, 0.6) is 0 Å². The van der Waals surface area contributed by atoms with Crippen LogP contribution in [0, 0.1) is 17.3 Å². The topological polar surface area (TPSA) is 45.2 Å². The number of pyridine rings is 1. The first kappa shape index (κ1) is 16.0. The monoisotopic (exact) mass is 313 g/mol. The van der Waals surface area contributed by atoms with Gasteiger partial charge < -0.3 is 10.2 Å². The summed E-state index contributed by atoms with van der Waals surface area (Å²) in [5.41, 5.74) is 2.11. The van der Waals surface area contributed by atoms with E-state index in [0.717, 1.165) is 24.6 Å². The minimum absolute atomic E-state index is 0.0459. The zero-order chi connectivity index (χ0) is 16.6. The van der Waals surface area contributed by atoms with Crippen molar-refractivity contribution in [2.45, 2.75) is 40.5 Å². The van der Waals surface area contributed by atoms with Gasteiger partial charge in [0.15, 0.2) is 0 Å². The molecule has 2 heterocycles. The van der Waals surface area contributed by atoms with Gasteiger partial charge in [-0.1, -0.05) is 25.5 Å². The average Bonchev–Trinajstić information content (AvgIpc) is 2.88. The van der Waals surface area contributed by atoms with Crippen LogP contribution in [-0.2, 0) is 4.79 Å². The van der Waals surface area contributed by atoms with Crippen LogP contribution in [0.25, 0.3) is 0 Å². The number of amides is 1. The lowest BCUT2D eigenvalue weighted by molar-refractivity contribution is -0.118. The van der Waals surface area contributed by atoms with Crippen LogP contribution < -0.4 is 10.2 Å². The van der Waals surface area contributed by atoms with E-state index in [-0.39, 0.29) is 17.2 Å². The Morgan fingerprint density at radius 3 is 2.57 bits per heavy atom. The highest BCUT2D eigenvalue weighted by Gasteiger charge is 2.60. The predicted molar refractivity (Wildman–Crippen MR) is 94.5 cm³/mol. The third-order valence-electron chi connectivity index (χ3n) is 5.15. The molecule has 4 nitrogen and oxygen atoms in total. The van der Waals surface area contributed by atoms with Gasteiger partial charge in [0, 0.05) is 13.1 Å². The van der Waals surface area contributed by atoms with Gasteiger partial charge in [-0.25, -0.2) is 4.98 Å². The fraction of sp³-hybridized carbons (Fsp3) is 0.579. The van der Waals surface area contributed by atoms with Crippen molar-refractivity contribution in [3.8, 4) is 0 Å². The van der Waals surface area contributed by atoms with Gasteiger partial charge in [-0.3, -0.25) is 4.79 Å². The lowest BCUT2D eigenvalue weighted by atomic mass is 10.1. The number of hydrogen-bond acceptors (Lipinski definition) is 3. The lowest BCUT2D eigenvalue weighted by Gasteiger charge is -2.16. The number of aromatic nitrogens is 1. The Kier molecular flexibility index (Phi) is 4.17. The molecule has 1 amide bonds. The molecule has 1 aliphatic heterocycles. The standard InChI is InChI=1S/C19H27N3O/c1-13(2)11-15-17(19(15,3)4)18(23)21-14-7-8-16(20-12-14)22-9-5-6-10-22/h7-8,11-12,15,17H,5-6,9-10H2,1-4H3,(H,21,23)/t15-,17+/m0/s1. The summed E-state index contributed by atoms with van der Waals surface area (Å²) < 4.78 is 0. The first-order valence-corrected chi connectivity index (χ1v) is 8.56. The molecule has 2 fully saturated rings. The van der Waals surface area contributed by atoms with E-state index in [2.05, 4.69) is 49.0 Å². The fourth-order valence-corrected chi connectivity index (χ4v) is 3.66. The van der Waals surface area contributed by atoms with Crippen molar-refractivity contribution >= 4 is 17.4 Å². The summed E-state index contributed by atoms with van der Waals surface area (Å²) in [5.74, 6) is 1.50. The molecule has 0 spiro atoms. The molecule has 2 atom stereocenters. The van der Waals surface area contributed by atoms with E-state index in [1.807, 2.05) is 12.1 Å². The predicted octanol–water partition coefficient (Wildman–Crippen LogP) is 3.86. The largest absolute Gasteiger partial charge is 0.357 e. The van der Waals surface area contributed by atoms with Gasteiger partial charge in [0.05, 0.1) is 17.8 Å². The van der Waals surface area contributed by atoms with Gasteiger partial charge in [-0.2, -0.15) is 0 Å². The van der Waals surface area contributed by atoms with Gasteiger partial charge in [-0.05, 0) is 50.2 Å². The van der Waals surface area contributed by atoms with Crippen LogP contribution in [0.4, 0.5) is 11.5 Å². The van der Waals surface area contributed by atoms with Gasteiger partial charge in [0.1, 0.15) is 5.82 Å². The molecule has 1 N–H and O–H groups in total. The molecule has 0 bridgehead atoms. The van der Waals surface area contributed by atoms with Crippen LogP contribution in [0.2, 0.25) is 0 Å². The summed E-state index contributed by atoms with van der Waals surface area (Å²) >= 11 is 0. The Balaban J connectivity index is 1.63. The maximum Gasteiger partial charge on any atom is 0.228 e. The SMILES string of the molecule is CC(C)=C[C@H]1[C@H](C(=O)Nc2ccc(N3CCCC3)nc2)C1(C)C. The Bertz CT molecular complexity index is 608. The van der Waals surface area contributed by atoms with Crippen molar-refractivity contribution < 1.29 is 4.79 Å². The number of anilines is 2. The number of carbonyl (C=O) groups is 1. The number of nitrogens with one attached hydrogen (secondary N) is 1. The van der Waals surface area contributed by atoms with Crippen molar-refractivity contribution in [1.29, 1.82) is 0 Å². The van der Waals surface area contributed by atoms with Crippen LogP contribution in [0.1, 0.15) is 40.5 Å². The number of allylic oxidation sites excluding steroid dienone is 2. The van der Waals surface area contributed by atoms with E-state index >= 15 is 0 Å². The first-order chi connectivity index (χ1) is 10.9. The second kappa shape index (κ2) is 5.99. The quantitative estimate of drug-likeness (QED) is 0.859. The summed E-state index contributed by atoms with van der Waals surface area (Å²) in [5, 5.41) is 3.03. The zero-order valence-electron chi connectivity index (χ0n) is 14.6. The molecule has 1 aliphatic carbocycles. The molecule has 124 valence electrons. The summed E-state index contributed by atoms with van der Waals surface area (Å²) in [6.07, 6.45) is 6.47. The molecular formula is C19H27N3O. The number of nitrogens with zero attached hydrogens (tertiary/aromatic N) is 2. The van der Waals surface area contributed by atoms with Crippen LogP contribution in [0.3, 0.4) is 0 Å². The highest BCUT2D eigenvalue weighted by Crippen LogP contribution is 2.59. The van der Waals surface area contributed by atoms with Gasteiger partial charge in [0.2, 0.25) is 5.91 Å². The number of rotatable bonds is 4. The maximum absolute atomic E-state index is 12.5. The Hall–Kier alpha value is -1.84. The van der Waals surface area contributed by atoms with Crippen LogP contribution in [0.15, 0.2) is 30.0 Å². The highest BCUT2D eigenvalue weighted by molar-refractivity contribution is 5.95. The normalized spacial score (nSPS) is 25.1. The summed E-state index contributed by atoms with van der Waals surface area (Å²) in [6, 6.07) is 3.97. The van der Waals surface area contributed by atoms with Crippen LogP contribution >= 0.6 is 0 Å². The molecule has 1 aromatic rings. The highest BCUT2D eigenvalue weighted by atomic mass is 16.2. The molecule has 0 radical (unpaired) electrons. The van der Waals surface area contributed by atoms with E-state index in [0.29, 0.717) is 5.92 Å². The third kappa shape index (κ3) is 3.26. The molecule has 2 aliphatic rings. The van der Waals surface area contributed by atoms with E-state index < -0.39 is 0 Å². The van der Waals surface area contributed by atoms with Crippen molar-refractivity contribution in [1.82, 2.24) is 4.98 Å². The van der Waals surface area contributed by atoms with Crippen molar-refractivity contribution in [2.24, 2.45) is 17.3 Å². The van der Waals surface area contributed by atoms with Gasteiger partial charge >= 0.3 is 0 Å². The van der Waals surface area contributed by atoms with Crippen molar-refractivity contribution in [3.63, 3.8) is 0 Å². The molecule has 4 heteroatoms.